The Hall–Kier alpha value is -0.0300. The molecule has 4 heteroatoms. The van der Waals surface area contributed by atoms with Crippen molar-refractivity contribution in [2.24, 2.45) is 0 Å². The van der Waals surface area contributed by atoms with Crippen LogP contribution in [0.4, 0.5) is 0 Å². The lowest BCUT2D eigenvalue weighted by Gasteiger charge is -2.26. The van der Waals surface area contributed by atoms with Crippen LogP contribution in [0.3, 0.4) is 0 Å². The van der Waals surface area contributed by atoms with Crippen LogP contribution in [-0.4, -0.2) is 30.1 Å². The van der Waals surface area contributed by atoms with Gasteiger partial charge in [0.1, 0.15) is 0 Å². The molecule has 0 saturated heterocycles. The summed E-state index contributed by atoms with van der Waals surface area (Å²) in [5, 5.41) is 12.4. The summed E-state index contributed by atoms with van der Waals surface area (Å²) < 4.78 is 1.09. The van der Waals surface area contributed by atoms with E-state index in [9.17, 15) is 5.11 Å². The van der Waals surface area contributed by atoms with Crippen LogP contribution in [-0.2, 0) is 0 Å². The van der Waals surface area contributed by atoms with Crippen LogP contribution in [0.5, 0.6) is 0 Å². The van der Waals surface area contributed by atoms with Gasteiger partial charge in [-0.05, 0) is 38.2 Å². The van der Waals surface area contributed by atoms with Crippen LogP contribution in [0, 0.1) is 0 Å². The summed E-state index contributed by atoms with van der Waals surface area (Å²) in [6.07, 6.45) is 0. The van der Waals surface area contributed by atoms with E-state index in [2.05, 4.69) is 33.4 Å². The molecule has 0 saturated carbocycles. The number of aliphatic hydroxyl groups excluding tert-OH is 1. The van der Waals surface area contributed by atoms with Crippen molar-refractivity contribution in [1.82, 2.24) is 5.32 Å². The second kappa shape index (κ2) is 5.89. The van der Waals surface area contributed by atoms with Gasteiger partial charge in [-0.25, -0.2) is 0 Å². The molecule has 0 heterocycles. The van der Waals surface area contributed by atoms with E-state index in [4.69, 9.17) is 0 Å². The molecule has 0 amide bonds. The molecule has 0 aliphatic rings. The van der Waals surface area contributed by atoms with Gasteiger partial charge < -0.3 is 10.4 Å². The van der Waals surface area contributed by atoms with Crippen molar-refractivity contribution in [3.05, 3.63) is 28.7 Å². The molecular weight excluding hydrogens is 274 g/mol. The van der Waals surface area contributed by atoms with Crippen molar-refractivity contribution in [3.63, 3.8) is 0 Å². The summed E-state index contributed by atoms with van der Waals surface area (Å²) in [7, 11) is 1.87. The zero-order valence-corrected chi connectivity index (χ0v) is 11.4. The second-order valence-electron chi connectivity index (χ2n) is 3.71. The molecule has 1 rings (SSSR count). The van der Waals surface area contributed by atoms with E-state index in [1.807, 2.05) is 26.1 Å². The summed E-state index contributed by atoms with van der Waals surface area (Å²) in [6.45, 7) is 2.16. The van der Waals surface area contributed by atoms with E-state index >= 15 is 0 Å². The molecule has 0 aliphatic carbocycles. The van der Waals surface area contributed by atoms with Crippen LogP contribution in [0.25, 0.3) is 0 Å². The number of likely N-dealkylation sites (N-methyl/N-ethyl adjacent to an activating group) is 1. The average Bonchev–Trinajstić information content (AvgIpc) is 2.28. The Labute approximate surface area is 104 Å². The van der Waals surface area contributed by atoms with Gasteiger partial charge in [0, 0.05) is 20.7 Å². The van der Waals surface area contributed by atoms with Gasteiger partial charge >= 0.3 is 0 Å². The van der Waals surface area contributed by atoms with Crippen LogP contribution in [0.1, 0.15) is 6.92 Å². The molecule has 1 atom stereocenters. The lowest BCUT2D eigenvalue weighted by molar-refractivity contribution is 0.200. The molecule has 15 heavy (non-hydrogen) atoms. The fourth-order valence-electron chi connectivity index (χ4n) is 0.970. The third-order valence-electron chi connectivity index (χ3n) is 2.32. The fourth-order valence-corrected chi connectivity index (χ4v) is 2.28. The molecule has 0 bridgehead atoms. The molecule has 0 spiro atoms. The Balaban J connectivity index is 2.53. The predicted molar refractivity (Wildman–Crippen MR) is 69.4 cm³/mol. The Kier molecular flexibility index (Phi) is 5.12. The second-order valence-corrected chi connectivity index (χ2v) is 5.68. The Morgan fingerprint density at radius 2 is 2.00 bits per heavy atom. The van der Waals surface area contributed by atoms with Crippen LogP contribution < -0.4 is 5.32 Å². The SMILES string of the molecule is CNC(C)(CO)CSc1ccc(Br)cc1. The van der Waals surface area contributed by atoms with Crippen molar-refractivity contribution in [1.29, 1.82) is 0 Å². The number of halogens is 1. The highest BCUT2D eigenvalue weighted by molar-refractivity contribution is 9.10. The number of rotatable bonds is 5. The minimum atomic E-state index is -0.211. The maximum Gasteiger partial charge on any atom is 0.0618 e. The number of hydrogen-bond donors (Lipinski definition) is 2. The Morgan fingerprint density at radius 3 is 2.47 bits per heavy atom. The lowest BCUT2D eigenvalue weighted by atomic mass is 10.1. The summed E-state index contributed by atoms with van der Waals surface area (Å²) >= 11 is 5.14. The quantitative estimate of drug-likeness (QED) is 0.817. The first-order valence-electron chi connectivity index (χ1n) is 4.78. The summed E-state index contributed by atoms with van der Waals surface area (Å²) in [6, 6.07) is 8.19. The number of benzene rings is 1. The van der Waals surface area contributed by atoms with Crippen LogP contribution in [0.15, 0.2) is 33.6 Å². The van der Waals surface area contributed by atoms with E-state index in [0.717, 1.165) is 10.2 Å². The molecule has 1 aromatic carbocycles. The maximum atomic E-state index is 9.22. The normalized spacial score (nSPS) is 14.9. The van der Waals surface area contributed by atoms with Crippen molar-refractivity contribution in [3.8, 4) is 0 Å². The van der Waals surface area contributed by atoms with Gasteiger partial charge in [0.25, 0.3) is 0 Å². The Bertz CT molecular complexity index is 298. The molecule has 1 aromatic rings. The molecule has 0 aliphatic heterocycles. The highest BCUT2D eigenvalue weighted by atomic mass is 79.9. The first-order valence-corrected chi connectivity index (χ1v) is 6.56. The van der Waals surface area contributed by atoms with Gasteiger partial charge in [0.05, 0.1) is 6.61 Å². The van der Waals surface area contributed by atoms with Crippen molar-refractivity contribution >= 4 is 27.7 Å². The van der Waals surface area contributed by atoms with Gasteiger partial charge in [-0.3, -0.25) is 0 Å². The van der Waals surface area contributed by atoms with E-state index in [-0.39, 0.29) is 12.1 Å². The monoisotopic (exact) mass is 289 g/mol. The smallest absolute Gasteiger partial charge is 0.0618 e. The number of thioether (sulfide) groups is 1. The third kappa shape index (κ3) is 4.15. The Morgan fingerprint density at radius 1 is 1.40 bits per heavy atom. The lowest BCUT2D eigenvalue weighted by Crippen LogP contribution is -2.45. The zero-order valence-electron chi connectivity index (χ0n) is 8.96. The van der Waals surface area contributed by atoms with Gasteiger partial charge in [-0.2, -0.15) is 0 Å². The summed E-state index contributed by atoms with van der Waals surface area (Å²) in [5.74, 6) is 0.849. The van der Waals surface area contributed by atoms with Gasteiger partial charge in [-0.1, -0.05) is 15.9 Å². The largest absolute Gasteiger partial charge is 0.394 e. The number of aliphatic hydroxyl groups is 1. The minimum absolute atomic E-state index is 0.146. The predicted octanol–water partition coefficient (Wildman–Crippen LogP) is 2.51. The number of hydrogen-bond acceptors (Lipinski definition) is 3. The highest BCUT2D eigenvalue weighted by Crippen LogP contribution is 2.23. The summed E-state index contributed by atoms with van der Waals surface area (Å²) in [5.41, 5.74) is -0.211. The molecule has 1 unspecified atom stereocenters. The third-order valence-corrected chi connectivity index (χ3v) is 4.24. The fraction of sp³-hybridized carbons (Fsp3) is 0.455. The van der Waals surface area contributed by atoms with Crippen molar-refractivity contribution in [2.45, 2.75) is 17.4 Å². The van der Waals surface area contributed by atoms with E-state index in [1.165, 1.54) is 4.90 Å². The topological polar surface area (TPSA) is 32.3 Å². The molecule has 2 nitrogen and oxygen atoms in total. The van der Waals surface area contributed by atoms with Crippen LogP contribution in [0.2, 0.25) is 0 Å². The molecule has 2 N–H and O–H groups in total. The van der Waals surface area contributed by atoms with E-state index in [1.54, 1.807) is 11.8 Å². The standard InChI is InChI=1S/C11H16BrNOS/c1-11(7-14,13-2)8-15-10-5-3-9(12)4-6-10/h3-6,13-14H,7-8H2,1-2H3. The van der Waals surface area contributed by atoms with E-state index < -0.39 is 0 Å². The number of nitrogens with one attached hydrogen (secondary N) is 1. The van der Waals surface area contributed by atoms with Gasteiger partial charge in [0.2, 0.25) is 0 Å². The van der Waals surface area contributed by atoms with Gasteiger partial charge in [-0.15, -0.1) is 11.8 Å². The molecule has 84 valence electrons. The van der Waals surface area contributed by atoms with Crippen molar-refractivity contribution < 1.29 is 5.11 Å². The highest BCUT2D eigenvalue weighted by Gasteiger charge is 2.20. The first-order chi connectivity index (χ1) is 7.09. The molecule has 0 fully saturated rings. The van der Waals surface area contributed by atoms with E-state index in [0.29, 0.717) is 0 Å². The maximum absolute atomic E-state index is 9.22. The first kappa shape index (κ1) is 13.0. The average molecular weight is 290 g/mol. The van der Waals surface area contributed by atoms with Crippen LogP contribution >= 0.6 is 27.7 Å². The zero-order chi connectivity index (χ0) is 11.3. The van der Waals surface area contributed by atoms with Crippen molar-refractivity contribution in [2.75, 3.05) is 19.4 Å². The minimum Gasteiger partial charge on any atom is -0.394 e. The summed E-state index contributed by atoms with van der Waals surface area (Å²) in [4.78, 5) is 1.22. The van der Waals surface area contributed by atoms with Gasteiger partial charge in [0.15, 0.2) is 0 Å². The molecular formula is C11H16BrNOS. The molecule has 0 aromatic heterocycles. The molecule has 0 radical (unpaired) electrons.